The number of aromatic nitrogens is 4. The SMILES string of the molecule is NNc1cnc(C(=O)NCc2cccnn2)cn1. The fraction of sp³-hybridized carbons (Fsp3) is 0.100. The molecule has 0 radical (unpaired) electrons. The number of nitrogens with two attached hydrogens (primary N) is 1. The molecule has 0 saturated carbocycles. The van der Waals surface area contributed by atoms with Gasteiger partial charge in [0.1, 0.15) is 5.69 Å². The number of hydrogen-bond donors (Lipinski definition) is 3. The van der Waals surface area contributed by atoms with Gasteiger partial charge in [0.15, 0.2) is 5.82 Å². The number of anilines is 1. The predicted octanol–water partition coefficient (Wildman–Crippen LogP) is -0.518. The molecule has 18 heavy (non-hydrogen) atoms. The summed E-state index contributed by atoms with van der Waals surface area (Å²) in [5.41, 5.74) is 3.20. The molecule has 0 aliphatic carbocycles. The Bertz CT molecular complexity index is 514. The van der Waals surface area contributed by atoms with Gasteiger partial charge in [0, 0.05) is 6.20 Å². The average molecular weight is 245 g/mol. The van der Waals surface area contributed by atoms with Crippen LogP contribution in [0.5, 0.6) is 0 Å². The molecule has 2 heterocycles. The Labute approximate surface area is 103 Å². The van der Waals surface area contributed by atoms with E-state index in [1.54, 1.807) is 18.3 Å². The van der Waals surface area contributed by atoms with Gasteiger partial charge in [-0.2, -0.15) is 10.2 Å². The van der Waals surface area contributed by atoms with Crippen LogP contribution in [0.15, 0.2) is 30.7 Å². The second-order valence-corrected chi connectivity index (χ2v) is 3.33. The highest BCUT2D eigenvalue weighted by atomic mass is 16.1. The molecule has 0 spiro atoms. The van der Waals surface area contributed by atoms with Crippen molar-refractivity contribution in [1.82, 2.24) is 25.5 Å². The van der Waals surface area contributed by atoms with Crippen molar-refractivity contribution in [3.8, 4) is 0 Å². The van der Waals surface area contributed by atoms with Crippen molar-refractivity contribution in [3.05, 3.63) is 42.1 Å². The molecule has 2 aromatic heterocycles. The van der Waals surface area contributed by atoms with Gasteiger partial charge in [-0.1, -0.05) is 0 Å². The van der Waals surface area contributed by atoms with E-state index in [-0.39, 0.29) is 18.1 Å². The van der Waals surface area contributed by atoms with Gasteiger partial charge < -0.3 is 10.7 Å². The Morgan fingerprint density at radius 3 is 2.83 bits per heavy atom. The van der Waals surface area contributed by atoms with Crippen LogP contribution in [0.3, 0.4) is 0 Å². The minimum atomic E-state index is -0.336. The summed E-state index contributed by atoms with van der Waals surface area (Å²) in [7, 11) is 0. The number of carbonyl (C=O) groups excluding carboxylic acids is 1. The van der Waals surface area contributed by atoms with Gasteiger partial charge in [-0.15, -0.1) is 0 Å². The van der Waals surface area contributed by atoms with Crippen LogP contribution in [0, 0.1) is 0 Å². The Hall–Kier alpha value is -2.61. The van der Waals surface area contributed by atoms with E-state index in [0.717, 1.165) is 0 Å². The number of amides is 1. The molecular weight excluding hydrogens is 234 g/mol. The minimum absolute atomic E-state index is 0.206. The summed E-state index contributed by atoms with van der Waals surface area (Å²) in [5, 5.41) is 10.2. The molecule has 0 aromatic carbocycles. The highest BCUT2D eigenvalue weighted by Gasteiger charge is 2.07. The largest absolute Gasteiger partial charge is 0.345 e. The van der Waals surface area contributed by atoms with Crippen molar-refractivity contribution in [3.63, 3.8) is 0 Å². The Kier molecular flexibility index (Phi) is 3.72. The van der Waals surface area contributed by atoms with Crippen LogP contribution in [0.4, 0.5) is 5.82 Å². The van der Waals surface area contributed by atoms with E-state index >= 15 is 0 Å². The maximum Gasteiger partial charge on any atom is 0.271 e. The molecule has 8 heteroatoms. The molecule has 0 atom stereocenters. The van der Waals surface area contributed by atoms with Crippen LogP contribution in [-0.2, 0) is 6.54 Å². The predicted molar refractivity (Wildman–Crippen MR) is 63.0 cm³/mol. The molecule has 8 nitrogen and oxygen atoms in total. The molecule has 1 amide bonds. The molecule has 0 bridgehead atoms. The first kappa shape index (κ1) is 11.9. The molecule has 2 aromatic rings. The number of nitrogens with one attached hydrogen (secondary N) is 2. The Balaban J connectivity index is 1.95. The second kappa shape index (κ2) is 5.64. The van der Waals surface area contributed by atoms with Crippen molar-refractivity contribution >= 4 is 11.7 Å². The highest BCUT2D eigenvalue weighted by molar-refractivity contribution is 5.91. The molecule has 0 aliphatic rings. The lowest BCUT2D eigenvalue weighted by Gasteiger charge is -2.04. The number of carbonyl (C=O) groups is 1. The fourth-order valence-electron chi connectivity index (χ4n) is 1.21. The molecule has 0 unspecified atom stereocenters. The van der Waals surface area contributed by atoms with Gasteiger partial charge in [-0.05, 0) is 12.1 Å². The van der Waals surface area contributed by atoms with E-state index in [2.05, 4.69) is 30.9 Å². The zero-order chi connectivity index (χ0) is 12.8. The van der Waals surface area contributed by atoms with E-state index in [9.17, 15) is 4.79 Å². The third-order valence-electron chi connectivity index (χ3n) is 2.09. The molecule has 2 rings (SSSR count). The lowest BCUT2D eigenvalue weighted by Crippen LogP contribution is -2.24. The molecule has 92 valence electrons. The standard InChI is InChI=1S/C10H11N7O/c11-16-9-6-12-8(5-13-9)10(18)14-4-7-2-1-3-15-17-7/h1-3,5-6H,4,11H2,(H,13,16)(H,14,18). The average Bonchev–Trinajstić information content (AvgIpc) is 2.46. The zero-order valence-electron chi connectivity index (χ0n) is 9.37. The summed E-state index contributed by atoms with van der Waals surface area (Å²) in [6, 6.07) is 3.51. The summed E-state index contributed by atoms with van der Waals surface area (Å²) >= 11 is 0. The van der Waals surface area contributed by atoms with E-state index in [1.807, 2.05) is 0 Å². The van der Waals surface area contributed by atoms with Gasteiger partial charge in [-0.3, -0.25) is 4.79 Å². The molecule has 4 N–H and O–H groups in total. The number of hydrazine groups is 1. The van der Waals surface area contributed by atoms with Crippen molar-refractivity contribution < 1.29 is 4.79 Å². The number of hydrogen-bond acceptors (Lipinski definition) is 7. The summed E-state index contributed by atoms with van der Waals surface area (Å²) in [4.78, 5) is 19.5. The van der Waals surface area contributed by atoms with Crippen LogP contribution >= 0.6 is 0 Å². The van der Waals surface area contributed by atoms with Gasteiger partial charge >= 0.3 is 0 Å². The lowest BCUT2D eigenvalue weighted by molar-refractivity contribution is 0.0945. The summed E-state index contributed by atoms with van der Waals surface area (Å²) in [5.74, 6) is 5.20. The third-order valence-corrected chi connectivity index (χ3v) is 2.09. The van der Waals surface area contributed by atoms with E-state index in [0.29, 0.717) is 11.5 Å². The van der Waals surface area contributed by atoms with Crippen molar-refractivity contribution in [2.75, 3.05) is 5.43 Å². The van der Waals surface area contributed by atoms with Gasteiger partial charge in [-0.25, -0.2) is 15.8 Å². The molecule has 0 fully saturated rings. The zero-order valence-corrected chi connectivity index (χ0v) is 9.37. The number of rotatable bonds is 4. The monoisotopic (exact) mass is 245 g/mol. The number of nitrogen functional groups attached to an aromatic ring is 1. The van der Waals surface area contributed by atoms with Crippen LogP contribution in [0.2, 0.25) is 0 Å². The Morgan fingerprint density at radius 2 is 2.22 bits per heavy atom. The Morgan fingerprint density at radius 1 is 1.33 bits per heavy atom. The smallest absolute Gasteiger partial charge is 0.271 e. The lowest BCUT2D eigenvalue weighted by atomic mass is 10.3. The van der Waals surface area contributed by atoms with Crippen molar-refractivity contribution in [2.24, 2.45) is 5.84 Å². The minimum Gasteiger partial charge on any atom is -0.345 e. The highest BCUT2D eigenvalue weighted by Crippen LogP contribution is 1.99. The summed E-state index contributed by atoms with van der Waals surface area (Å²) in [6.45, 7) is 0.283. The first-order chi connectivity index (χ1) is 8.79. The van der Waals surface area contributed by atoms with Crippen LogP contribution in [-0.4, -0.2) is 26.1 Å². The van der Waals surface area contributed by atoms with Gasteiger partial charge in [0.25, 0.3) is 5.91 Å². The van der Waals surface area contributed by atoms with Crippen LogP contribution in [0.25, 0.3) is 0 Å². The van der Waals surface area contributed by atoms with Crippen LogP contribution in [0.1, 0.15) is 16.2 Å². The molecule has 0 aliphatic heterocycles. The van der Waals surface area contributed by atoms with Gasteiger partial charge in [0.05, 0.1) is 24.6 Å². The van der Waals surface area contributed by atoms with Gasteiger partial charge in [0.2, 0.25) is 0 Å². The van der Waals surface area contributed by atoms with Crippen LogP contribution < -0.4 is 16.6 Å². The van der Waals surface area contributed by atoms with E-state index in [4.69, 9.17) is 5.84 Å². The van der Waals surface area contributed by atoms with Crippen molar-refractivity contribution in [1.29, 1.82) is 0 Å². The summed E-state index contributed by atoms with van der Waals surface area (Å²) < 4.78 is 0. The normalized spacial score (nSPS) is 9.83. The summed E-state index contributed by atoms with van der Waals surface area (Å²) in [6.07, 6.45) is 4.27. The maximum absolute atomic E-state index is 11.7. The number of nitrogens with zero attached hydrogens (tertiary/aromatic N) is 4. The first-order valence-electron chi connectivity index (χ1n) is 5.13. The van der Waals surface area contributed by atoms with E-state index in [1.165, 1.54) is 12.4 Å². The maximum atomic E-state index is 11.7. The molecule has 0 saturated heterocycles. The molecular formula is C10H11N7O. The first-order valence-corrected chi connectivity index (χ1v) is 5.13. The van der Waals surface area contributed by atoms with Crippen molar-refractivity contribution in [2.45, 2.75) is 6.54 Å². The van der Waals surface area contributed by atoms with E-state index < -0.39 is 0 Å². The quantitative estimate of drug-likeness (QED) is 0.490. The fourth-order valence-corrected chi connectivity index (χ4v) is 1.21. The second-order valence-electron chi connectivity index (χ2n) is 3.33. The topological polar surface area (TPSA) is 119 Å². The third kappa shape index (κ3) is 2.95.